The molecule has 0 aliphatic carbocycles. The largest absolute Gasteiger partial charge is 0.494 e. The lowest BCUT2D eigenvalue weighted by molar-refractivity contribution is -0.116. The van der Waals surface area contributed by atoms with Gasteiger partial charge in [0.05, 0.1) is 13.7 Å². The van der Waals surface area contributed by atoms with Gasteiger partial charge in [-0.15, -0.1) is 11.3 Å². The average molecular weight is 438 g/mol. The Morgan fingerprint density at radius 2 is 1.87 bits per heavy atom. The number of amides is 1. The van der Waals surface area contributed by atoms with Gasteiger partial charge in [-0.3, -0.25) is 4.79 Å². The number of hydrogen-bond acceptors (Lipinski definition) is 5. The Morgan fingerprint density at radius 3 is 2.55 bits per heavy atom. The summed E-state index contributed by atoms with van der Waals surface area (Å²) in [6, 6.07) is 15.9. The lowest BCUT2D eigenvalue weighted by Gasteiger charge is -2.09. The minimum atomic E-state index is -0.464. The number of aryl methyl sites for hydroxylation is 2. The molecular formula is C25H27NO4S. The zero-order valence-electron chi connectivity index (χ0n) is 18.1. The Balaban J connectivity index is 1.64. The molecule has 0 atom stereocenters. The number of benzene rings is 2. The molecule has 0 aliphatic heterocycles. The molecular weight excluding hydrogens is 410 g/mol. The molecule has 1 heterocycles. The van der Waals surface area contributed by atoms with Crippen LogP contribution in [0.25, 0.3) is 11.1 Å². The summed E-state index contributed by atoms with van der Waals surface area (Å²) in [4.78, 5) is 24.9. The molecule has 0 fully saturated rings. The molecule has 6 heteroatoms. The SMILES string of the molecule is CCc1ccc(-c2csc(NC(=O)CCCOc3cccc(C)c3)c2C(=O)OC)cc1. The first-order chi connectivity index (χ1) is 15.0. The molecule has 0 saturated heterocycles. The fourth-order valence-corrected chi connectivity index (χ4v) is 4.18. The highest BCUT2D eigenvalue weighted by molar-refractivity contribution is 7.15. The molecule has 3 rings (SSSR count). The minimum Gasteiger partial charge on any atom is -0.494 e. The number of carbonyl (C=O) groups is 2. The third kappa shape index (κ3) is 5.95. The molecule has 5 nitrogen and oxygen atoms in total. The number of methoxy groups -OCH3 is 1. The Labute approximate surface area is 187 Å². The van der Waals surface area contributed by atoms with E-state index in [0.29, 0.717) is 30.0 Å². The first-order valence-electron chi connectivity index (χ1n) is 10.3. The van der Waals surface area contributed by atoms with Gasteiger partial charge >= 0.3 is 5.97 Å². The van der Waals surface area contributed by atoms with Crippen LogP contribution in [0.3, 0.4) is 0 Å². The lowest BCUT2D eigenvalue weighted by atomic mass is 10.0. The predicted octanol–water partition coefficient (Wildman–Crippen LogP) is 5.87. The molecule has 0 bridgehead atoms. The van der Waals surface area contributed by atoms with Crippen molar-refractivity contribution in [2.75, 3.05) is 19.0 Å². The molecule has 0 unspecified atom stereocenters. The number of ether oxygens (including phenoxy) is 2. The van der Waals surface area contributed by atoms with E-state index in [-0.39, 0.29) is 5.91 Å². The van der Waals surface area contributed by atoms with Crippen LogP contribution in [0.4, 0.5) is 5.00 Å². The Hall–Kier alpha value is -3.12. The maximum Gasteiger partial charge on any atom is 0.341 e. The molecule has 2 aromatic carbocycles. The van der Waals surface area contributed by atoms with Gasteiger partial charge < -0.3 is 14.8 Å². The second-order valence-corrected chi connectivity index (χ2v) is 8.09. The van der Waals surface area contributed by atoms with Gasteiger partial charge in [-0.25, -0.2) is 4.79 Å². The van der Waals surface area contributed by atoms with E-state index >= 15 is 0 Å². The van der Waals surface area contributed by atoms with Crippen LogP contribution >= 0.6 is 11.3 Å². The average Bonchev–Trinajstić information content (AvgIpc) is 3.19. The van der Waals surface area contributed by atoms with E-state index in [2.05, 4.69) is 12.2 Å². The lowest BCUT2D eigenvalue weighted by Crippen LogP contribution is -2.14. The number of rotatable bonds is 9. The molecule has 1 N–H and O–H groups in total. The summed E-state index contributed by atoms with van der Waals surface area (Å²) >= 11 is 1.33. The van der Waals surface area contributed by atoms with Crippen molar-refractivity contribution < 1.29 is 19.1 Å². The predicted molar refractivity (Wildman–Crippen MR) is 125 cm³/mol. The summed E-state index contributed by atoms with van der Waals surface area (Å²) < 4.78 is 10.7. The topological polar surface area (TPSA) is 64.6 Å². The first kappa shape index (κ1) is 22.6. The van der Waals surface area contributed by atoms with Crippen LogP contribution in [0, 0.1) is 6.92 Å². The highest BCUT2D eigenvalue weighted by Gasteiger charge is 2.22. The van der Waals surface area contributed by atoms with E-state index in [9.17, 15) is 9.59 Å². The first-order valence-corrected chi connectivity index (χ1v) is 11.2. The number of thiophene rings is 1. The van der Waals surface area contributed by atoms with Gasteiger partial charge in [0.1, 0.15) is 16.3 Å². The van der Waals surface area contributed by atoms with E-state index in [0.717, 1.165) is 28.9 Å². The Morgan fingerprint density at radius 1 is 1.10 bits per heavy atom. The summed E-state index contributed by atoms with van der Waals surface area (Å²) in [6.45, 7) is 4.55. The zero-order valence-corrected chi connectivity index (χ0v) is 18.9. The van der Waals surface area contributed by atoms with Crippen molar-refractivity contribution >= 4 is 28.2 Å². The van der Waals surface area contributed by atoms with Gasteiger partial charge in [0.2, 0.25) is 5.91 Å². The van der Waals surface area contributed by atoms with Gasteiger partial charge in [-0.05, 0) is 48.6 Å². The Kier molecular flexibility index (Phi) is 7.84. The van der Waals surface area contributed by atoms with Gasteiger partial charge in [-0.2, -0.15) is 0 Å². The summed E-state index contributed by atoms with van der Waals surface area (Å²) in [5, 5.41) is 5.25. The molecule has 0 saturated carbocycles. The number of nitrogens with one attached hydrogen (secondary N) is 1. The molecule has 0 spiro atoms. The number of esters is 1. The van der Waals surface area contributed by atoms with Crippen LogP contribution in [0.15, 0.2) is 53.9 Å². The summed E-state index contributed by atoms with van der Waals surface area (Å²) in [5.41, 5.74) is 4.42. The number of anilines is 1. The normalized spacial score (nSPS) is 10.5. The van der Waals surface area contributed by atoms with Crippen molar-refractivity contribution in [1.82, 2.24) is 0 Å². The molecule has 3 aromatic rings. The van der Waals surface area contributed by atoms with E-state index in [4.69, 9.17) is 9.47 Å². The van der Waals surface area contributed by atoms with Crippen LogP contribution in [0.2, 0.25) is 0 Å². The van der Waals surface area contributed by atoms with Gasteiger partial charge in [0, 0.05) is 17.4 Å². The van der Waals surface area contributed by atoms with Crippen LogP contribution in [0.5, 0.6) is 5.75 Å². The minimum absolute atomic E-state index is 0.160. The fourth-order valence-electron chi connectivity index (χ4n) is 3.20. The zero-order chi connectivity index (χ0) is 22.2. The molecule has 31 heavy (non-hydrogen) atoms. The highest BCUT2D eigenvalue weighted by Crippen LogP contribution is 2.36. The van der Waals surface area contributed by atoms with Crippen LogP contribution in [0.1, 0.15) is 41.3 Å². The number of hydrogen-bond donors (Lipinski definition) is 1. The molecule has 162 valence electrons. The highest BCUT2D eigenvalue weighted by atomic mass is 32.1. The van der Waals surface area contributed by atoms with Crippen molar-refractivity contribution in [2.45, 2.75) is 33.1 Å². The van der Waals surface area contributed by atoms with Crippen LogP contribution < -0.4 is 10.1 Å². The van der Waals surface area contributed by atoms with Crippen LogP contribution in [-0.2, 0) is 16.0 Å². The second-order valence-electron chi connectivity index (χ2n) is 7.21. The molecule has 1 aromatic heterocycles. The van der Waals surface area contributed by atoms with Crippen molar-refractivity contribution in [3.63, 3.8) is 0 Å². The van der Waals surface area contributed by atoms with Crippen LogP contribution in [-0.4, -0.2) is 25.6 Å². The van der Waals surface area contributed by atoms with Gasteiger partial charge in [0.25, 0.3) is 0 Å². The van der Waals surface area contributed by atoms with Gasteiger partial charge in [0.15, 0.2) is 0 Å². The van der Waals surface area contributed by atoms with Crippen molar-refractivity contribution in [1.29, 1.82) is 0 Å². The van der Waals surface area contributed by atoms with Gasteiger partial charge in [-0.1, -0.05) is 43.3 Å². The van der Waals surface area contributed by atoms with Crippen molar-refractivity contribution in [3.8, 4) is 16.9 Å². The van der Waals surface area contributed by atoms with E-state index in [1.807, 2.05) is 60.8 Å². The molecule has 0 radical (unpaired) electrons. The van der Waals surface area contributed by atoms with E-state index in [1.165, 1.54) is 24.0 Å². The van der Waals surface area contributed by atoms with E-state index in [1.54, 1.807) is 0 Å². The quantitative estimate of drug-likeness (QED) is 0.336. The monoisotopic (exact) mass is 437 g/mol. The fraction of sp³-hybridized carbons (Fsp3) is 0.280. The summed E-state index contributed by atoms with van der Waals surface area (Å²) in [5.74, 6) is 0.173. The van der Waals surface area contributed by atoms with E-state index < -0.39 is 5.97 Å². The third-order valence-electron chi connectivity index (χ3n) is 4.91. The maximum absolute atomic E-state index is 12.5. The summed E-state index contributed by atoms with van der Waals surface area (Å²) in [6.07, 6.45) is 1.82. The molecule has 0 aliphatic rings. The van der Waals surface area contributed by atoms with Crippen molar-refractivity contribution in [3.05, 3.63) is 70.6 Å². The molecule has 1 amide bonds. The summed E-state index contributed by atoms with van der Waals surface area (Å²) in [7, 11) is 1.35. The maximum atomic E-state index is 12.5. The Bertz CT molecular complexity index is 1040. The van der Waals surface area contributed by atoms with Crippen molar-refractivity contribution in [2.24, 2.45) is 0 Å². The standard InChI is InChI=1S/C25H27NO4S/c1-4-18-10-12-19(13-11-18)21-16-31-24(23(21)25(28)29-3)26-22(27)9-6-14-30-20-8-5-7-17(2)15-20/h5,7-8,10-13,15-16H,4,6,9,14H2,1-3H3,(H,26,27). The number of carbonyl (C=O) groups excluding carboxylic acids is 2. The third-order valence-corrected chi connectivity index (χ3v) is 5.81. The smallest absolute Gasteiger partial charge is 0.341 e. The second kappa shape index (κ2) is 10.8.